The fraction of sp³-hybridized carbons (Fsp3) is 0.429. The van der Waals surface area contributed by atoms with E-state index in [4.69, 9.17) is 5.11 Å². The Morgan fingerprint density at radius 2 is 2.00 bits per heavy atom. The minimum Gasteiger partial charge on any atom is -0.478 e. The zero-order valence-electron chi connectivity index (χ0n) is 10.5. The third-order valence-corrected chi connectivity index (χ3v) is 4.11. The Hall–Kier alpha value is -1.11. The quantitative estimate of drug-likeness (QED) is 0.794. The first-order valence-electron chi connectivity index (χ1n) is 6.39. The molecule has 0 aromatic heterocycles. The van der Waals surface area contributed by atoms with Gasteiger partial charge in [0.2, 0.25) is 5.91 Å². The number of hydrogen-bond donors (Lipinski definition) is 2. The molecule has 0 bridgehead atoms. The van der Waals surface area contributed by atoms with Gasteiger partial charge in [0.1, 0.15) is 0 Å². The summed E-state index contributed by atoms with van der Waals surface area (Å²) >= 11 is 2.05. The number of nitrogens with one attached hydrogen (secondary N) is 1. The Labute approximate surface area is 125 Å². The van der Waals surface area contributed by atoms with Crippen molar-refractivity contribution < 1.29 is 14.7 Å². The first-order chi connectivity index (χ1) is 9.06. The van der Waals surface area contributed by atoms with Crippen LogP contribution in [0.15, 0.2) is 18.2 Å². The van der Waals surface area contributed by atoms with Crippen LogP contribution < -0.4 is 5.32 Å². The summed E-state index contributed by atoms with van der Waals surface area (Å²) in [5.41, 5.74) is 0.530. The lowest BCUT2D eigenvalue weighted by atomic mass is 10.0. The van der Waals surface area contributed by atoms with Crippen molar-refractivity contribution in [3.63, 3.8) is 0 Å². The summed E-state index contributed by atoms with van der Waals surface area (Å²) in [6, 6.07) is 5.00. The van der Waals surface area contributed by atoms with Crippen molar-refractivity contribution in [3.05, 3.63) is 27.3 Å². The summed E-state index contributed by atoms with van der Waals surface area (Å²) in [6.45, 7) is 0. The van der Waals surface area contributed by atoms with Gasteiger partial charge in [-0.15, -0.1) is 0 Å². The highest BCUT2D eigenvalue weighted by Crippen LogP contribution is 2.28. The van der Waals surface area contributed by atoms with Gasteiger partial charge in [0, 0.05) is 9.99 Å². The molecule has 1 saturated carbocycles. The predicted molar refractivity (Wildman–Crippen MR) is 81.3 cm³/mol. The molecular weight excluding hydrogens is 357 g/mol. The van der Waals surface area contributed by atoms with Crippen molar-refractivity contribution in [1.82, 2.24) is 0 Å². The van der Waals surface area contributed by atoms with E-state index in [1.165, 1.54) is 12.8 Å². The van der Waals surface area contributed by atoms with Crippen LogP contribution in [0, 0.1) is 9.49 Å². The minimum absolute atomic E-state index is 0.0874. The average molecular weight is 373 g/mol. The lowest BCUT2D eigenvalue weighted by Crippen LogP contribution is -2.17. The van der Waals surface area contributed by atoms with Gasteiger partial charge < -0.3 is 10.4 Å². The van der Waals surface area contributed by atoms with Gasteiger partial charge in [0.05, 0.1) is 11.3 Å². The Balaban J connectivity index is 2.05. The molecule has 0 radical (unpaired) electrons. The summed E-state index contributed by atoms with van der Waals surface area (Å²) in [5.74, 6) is -0.651. The van der Waals surface area contributed by atoms with Crippen molar-refractivity contribution in [2.75, 3.05) is 5.32 Å². The fourth-order valence-electron chi connectivity index (χ4n) is 2.48. The van der Waals surface area contributed by atoms with E-state index in [0.717, 1.165) is 16.4 Å². The Kier molecular flexibility index (Phi) is 4.79. The molecule has 1 aliphatic rings. The molecule has 0 saturated heterocycles. The molecule has 19 heavy (non-hydrogen) atoms. The van der Waals surface area contributed by atoms with Crippen LogP contribution in [0.3, 0.4) is 0 Å². The van der Waals surface area contributed by atoms with E-state index in [9.17, 15) is 9.59 Å². The average Bonchev–Trinajstić information content (AvgIpc) is 2.83. The van der Waals surface area contributed by atoms with Crippen LogP contribution in [0.4, 0.5) is 5.69 Å². The normalized spacial score (nSPS) is 15.4. The maximum Gasteiger partial charge on any atom is 0.337 e. The number of aromatic carboxylic acids is 1. The minimum atomic E-state index is -1.02. The monoisotopic (exact) mass is 373 g/mol. The molecule has 0 spiro atoms. The van der Waals surface area contributed by atoms with Crippen LogP contribution in [-0.4, -0.2) is 17.0 Å². The molecule has 4 nitrogen and oxygen atoms in total. The summed E-state index contributed by atoms with van der Waals surface area (Å²) in [6.07, 6.45) is 5.09. The second-order valence-corrected chi connectivity index (χ2v) is 6.14. The van der Waals surface area contributed by atoms with Gasteiger partial charge in [-0.25, -0.2) is 4.79 Å². The van der Waals surface area contributed by atoms with Crippen LogP contribution >= 0.6 is 22.6 Å². The van der Waals surface area contributed by atoms with Crippen molar-refractivity contribution in [2.45, 2.75) is 32.1 Å². The lowest BCUT2D eigenvalue weighted by Gasteiger charge is -2.11. The third kappa shape index (κ3) is 3.92. The predicted octanol–water partition coefficient (Wildman–Crippen LogP) is 3.51. The highest BCUT2D eigenvalue weighted by atomic mass is 127. The van der Waals surface area contributed by atoms with Crippen LogP contribution in [0.5, 0.6) is 0 Å². The molecule has 1 aromatic carbocycles. The SMILES string of the molecule is O=C(CC1CCCC1)Nc1ccc(I)cc1C(=O)O. The van der Waals surface area contributed by atoms with Crippen LogP contribution in [-0.2, 0) is 4.79 Å². The van der Waals surface area contributed by atoms with Gasteiger partial charge in [-0.3, -0.25) is 4.79 Å². The smallest absolute Gasteiger partial charge is 0.337 e. The Morgan fingerprint density at radius 1 is 1.32 bits per heavy atom. The summed E-state index contributed by atoms with van der Waals surface area (Å²) in [4.78, 5) is 23.1. The standard InChI is InChI=1S/C14H16INO3/c15-10-5-6-12(11(8-10)14(18)19)16-13(17)7-9-3-1-2-4-9/h5-6,8-9H,1-4,7H2,(H,16,17)(H,18,19). The van der Waals surface area contributed by atoms with Gasteiger partial charge in [-0.05, 0) is 59.5 Å². The van der Waals surface area contributed by atoms with E-state index in [1.54, 1.807) is 18.2 Å². The number of carboxylic acids is 1. The number of halogens is 1. The fourth-order valence-corrected chi connectivity index (χ4v) is 2.97. The molecule has 0 aliphatic heterocycles. The van der Waals surface area contributed by atoms with Crippen LogP contribution in [0.1, 0.15) is 42.5 Å². The van der Waals surface area contributed by atoms with Gasteiger partial charge >= 0.3 is 5.97 Å². The number of carbonyl (C=O) groups is 2. The maximum atomic E-state index is 11.9. The van der Waals surface area contributed by atoms with Gasteiger partial charge in [-0.1, -0.05) is 12.8 Å². The molecule has 0 heterocycles. The highest BCUT2D eigenvalue weighted by Gasteiger charge is 2.19. The molecule has 1 aliphatic carbocycles. The molecule has 1 aromatic rings. The summed E-state index contributed by atoms with van der Waals surface area (Å²) < 4.78 is 0.837. The van der Waals surface area contributed by atoms with Crippen molar-refractivity contribution in [2.24, 2.45) is 5.92 Å². The topological polar surface area (TPSA) is 66.4 Å². The van der Waals surface area contributed by atoms with E-state index in [1.807, 2.05) is 0 Å². The molecule has 0 unspecified atom stereocenters. The highest BCUT2D eigenvalue weighted by molar-refractivity contribution is 14.1. The number of hydrogen-bond acceptors (Lipinski definition) is 2. The van der Waals surface area contributed by atoms with Gasteiger partial charge in [0.25, 0.3) is 0 Å². The molecule has 2 rings (SSSR count). The maximum absolute atomic E-state index is 11.9. The van der Waals surface area contributed by atoms with E-state index in [0.29, 0.717) is 18.0 Å². The van der Waals surface area contributed by atoms with E-state index in [2.05, 4.69) is 27.9 Å². The number of rotatable bonds is 4. The second-order valence-electron chi connectivity index (χ2n) is 4.90. The largest absolute Gasteiger partial charge is 0.478 e. The number of amides is 1. The lowest BCUT2D eigenvalue weighted by molar-refractivity contribution is -0.117. The van der Waals surface area contributed by atoms with Crippen molar-refractivity contribution >= 4 is 40.2 Å². The van der Waals surface area contributed by atoms with E-state index in [-0.39, 0.29) is 11.5 Å². The number of benzene rings is 1. The van der Waals surface area contributed by atoms with E-state index < -0.39 is 5.97 Å². The Morgan fingerprint density at radius 3 is 2.63 bits per heavy atom. The second kappa shape index (κ2) is 6.36. The van der Waals surface area contributed by atoms with Gasteiger partial charge in [-0.2, -0.15) is 0 Å². The molecule has 2 N–H and O–H groups in total. The molecule has 102 valence electrons. The number of carboxylic acid groups (broad SMARTS) is 1. The first-order valence-corrected chi connectivity index (χ1v) is 7.47. The third-order valence-electron chi connectivity index (χ3n) is 3.43. The molecule has 1 fully saturated rings. The van der Waals surface area contributed by atoms with Crippen molar-refractivity contribution in [3.8, 4) is 0 Å². The summed E-state index contributed by atoms with van der Waals surface area (Å²) in [7, 11) is 0. The zero-order chi connectivity index (χ0) is 13.8. The number of anilines is 1. The molecular formula is C14H16INO3. The van der Waals surface area contributed by atoms with Crippen molar-refractivity contribution in [1.29, 1.82) is 0 Å². The molecule has 1 amide bonds. The van der Waals surface area contributed by atoms with Crippen LogP contribution in [0.2, 0.25) is 0 Å². The zero-order valence-corrected chi connectivity index (χ0v) is 12.6. The first kappa shape index (κ1) is 14.3. The van der Waals surface area contributed by atoms with E-state index >= 15 is 0 Å². The summed E-state index contributed by atoms with van der Waals surface area (Å²) in [5, 5.41) is 11.9. The van der Waals surface area contributed by atoms with Crippen LogP contribution in [0.25, 0.3) is 0 Å². The van der Waals surface area contributed by atoms with Gasteiger partial charge in [0.15, 0.2) is 0 Å². The molecule has 0 atom stereocenters. The molecule has 5 heteroatoms. The number of carbonyl (C=O) groups excluding carboxylic acids is 1. The Bertz CT molecular complexity index is 495.